The smallest absolute Gasteiger partial charge is 0.263 e. The highest BCUT2D eigenvalue weighted by Gasteiger charge is 2.15. The number of anilines is 1. The van der Waals surface area contributed by atoms with Crippen LogP contribution in [-0.2, 0) is 10.0 Å². The molecule has 8 heteroatoms. The fourth-order valence-corrected chi connectivity index (χ4v) is 2.78. The zero-order valence-corrected chi connectivity index (χ0v) is 12.0. The maximum absolute atomic E-state index is 12.1. The molecule has 0 aliphatic carbocycles. The van der Waals surface area contributed by atoms with Crippen LogP contribution < -0.4 is 15.0 Å². The number of pyridine rings is 1. The van der Waals surface area contributed by atoms with Crippen LogP contribution in [0.2, 0.25) is 5.02 Å². The predicted octanol–water partition coefficient (Wildman–Crippen LogP) is 1.84. The van der Waals surface area contributed by atoms with E-state index >= 15 is 0 Å². The first-order valence-corrected chi connectivity index (χ1v) is 7.33. The Morgan fingerprint density at radius 1 is 1.25 bits per heavy atom. The minimum atomic E-state index is -3.79. The summed E-state index contributed by atoms with van der Waals surface area (Å²) in [6.45, 7) is 0. The van der Waals surface area contributed by atoms with E-state index in [4.69, 9.17) is 16.3 Å². The Kier molecular flexibility index (Phi) is 4.01. The van der Waals surface area contributed by atoms with Gasteiger partial charge in [-0.05, 0) is 24.3 Å². The standard InChI is InChI=1S/C12H11ClN2O4S/c1-19-11-4-2-8(6-10(11)13)15-20(17,18)9-3-5-12(16)14-7-9/h2-7,15H,1H3,(H,14,16). The summed E-state index contributed by atoms with van der Waals surface area (Å²) in [5, 5.41) is 0.286. The highest BCUT2D eigenvalue weighted by Crippen LogP contribution is 2.28. The van der Waals surface area contributed by atoms with Crippen LogP contribution in [-0.4, -0.2) is 20.5 Å². The SMILES string of the molecule is COc1ccc(NS(=O)(=O)c2ccc(=O)[nH]c2)cc1Cl. The summed E-state index contributed by atoms with van der Waals surface area (Å²) in [6, 6.07) is 6.85. The van der Waals surface area contributed by atoms with Crippen molar-refractivity contribution in [2.24, 2.45) is 0 Å². The van der Waals surface area contributed by atoms with E-state index in [0.717, 1.165) is 12.3 Å². The second-order valence-corrected chi connectivity index (χ2v) is 5.93. The Morgan fingerprint density at radius 2 is 2.00 bits per heavy atom. The molecule has 0 aliphatic heterocycles. The minimum absolute atomic E-state index is 0.0518. The van der Waals surface area contributed by atoms with Crippen molar-refractivity contribution >= 4 is 27.3 Å². The number of methoxy groups -OCH3 is 1. The third kappa shape index (κ3) is 3.12. The number of nitrogens with one attached hydrogen (secondary N) is 2. The lowest BCUT2D eigenvalue weighted by atomic mass is 10.3. The van der Waals surface area contributed by atoms with Crippen LogP contribution in [0.25, 0.3) is 0 Å². The van der Waals surface area contributed by atoms with Crippen molar-refractivity contribution in [1.29, 1.82) is 0 Å². The average molecular weight is 315 g/mol. The lowest BCUT2D eigenvalue weighted by molar-refractivity contribution is 0.415. The van der Waals surface area contributed by atoms with E-state index in [0.29, 0.717) is 11.4 Å². The average Bonchev–Trinajstić information content (AvgIpc) is 2.39. The number of ether oxygens (including phenoxy) is 1. The van der Waals surface area contributed by atoms with Crippen LogP contribution in [0.1, 0.15) is 0 Å². The molecule has 0 amide bonds. The molecule has 106 valence electrons. The number of sulfonamides is 1. The summed E-state index contributed by atoms with van der Waals surface area (Å²) in [6.07, 6.45) is 1.12. The predicted molar refractivity (Wildman–Crippen MR) is 75.9 cm³/mol. The summed E-state index contributed by atoms with van der Waals surface area (Å²) in [5.41, 5.74) is -0.0848. The zero-order valence-electron chi connectivity index (χ0n) is 10.4. The molecule has 0 aliphatic rings. The van der Waals surface area contributed by atoms with Crippen molar-refractivity contribution in [2.45, 2.75) is 4.90 Å². The first kappa shape index (κ1) is 14.4. The van der Waals surface area contributed by atoms with E-state index < -0.39 is 10.0 Å². The third-order valence-corrected chi connectivity index (χ3v) is 4.14. The fourth-order valence-electron chi connectivity index (χ4n) is 1.51. The van der Waals surface area contributed by atoms with Gasteiger partial charge in [-0.25, -0.2) is 8.42 Å². The number of benzene rings is 1. The molecule has 20 heavy (non-hydrogen) atoms. The van der Waals surface area contributed by atoms with Gasteiger partial charge in [0, 0.05) is 12.3 Å². The van der Waals surface area contributed by atoms with E-state index in [2.05, 4.69) is 9.71 Å². The first-order chi connectivity index (χ1) is 9.42. The number of hydrogen-bond acceptors (Lipinski definition) is 4. The number of aromatic amines is 1. The normalized spacial score (nSPS) is 11.1. The zero-order chi connectivity index (χ0) is 14.8. The van der Waals surface area contributed by atoms with Crippen molar-refractivity contribution in [3.63, 3.8) is 0 Å². The lowest BCUT2D eigenvalue weighted by Crippen LogP contribution is -2.15. The highest BCUT2D eigenvalue weighted by molar-refractivity contribution is 7.92. The van der Waals surface area contributed by atoms with E-state index in [1.165, 1.54) is 25.3 Å². The lowest BCUT2D eigenvalue weighted by Gasteiger charge is -2.09. The molecular formula is C12H11ClN2O4S. The molecule has 2 aromatic rings. The number of rotatable bonds is 4. The largest absolute Gasteiger partial charge is 0.495 e. The van der Waals surface area contributed by atoms with Crippen molar-refractivity contribution in [2.75, 3.05) is 11.8 Å². The monoisotopic (exact) mass is 314 g/mol. The quantitative estimate of drug-likeness (QED) is 0.901. The molecule has 0 radical (unpaired) electrons. The molecular weight excluding hydrogens is 304 g/mol. The molecule has 0 saturated carbocycles. The van der Waals surface area contributed by atoms with E-state index in [-0.39, 0.29) is 15.5 Å². The molecule has 0 bridgehead atoms. The fraction of sp³-hybridized carbons (Fsp3) is 0.0833. The van der Waals surface area contributed by atoms with Gasteiger partial charge < -0.3 is 9.72 Å². The van der Waals surface area contributed by atoms with Gasteiger partial charge in [-0.3, -0.25) is 9.52 Å². The van der Waals surface area contributed by atoms with E-state index in [1.807, 2.05) is 0 Å². The second kappa shape index (κ2) is 5.56. The Bertz CT molecular complexity index is 766. The maximum Gasteiger partial charge on any atom is 0.263 e. The van der Waals surface area contributed by atoms with Crippen LogP contribution in [0.3, 0.4) is 0 Å². The van der Waals surface area contributed by atoms with Gasteiger partial charge in [-0.2, -0.15) is 0 Å². The van der Waals surface area contributed by atoms with Crippen LogP contribution in [0.15, 0.2) is 46.2 Å². The van der Waals surface area contributed by atoms with Gasteiger partial charge in [0.2, 0.25) is 5.56 Å². The van der Waals surface area contributed by atoms with Crippen LogP contribution in [0, 0.1) is 0 Å². The molecule has 0 saturated heterocycles. The summed E-state index contributed by atoms with van der Waals surface area (Å²) in [4.78, 5) is 13.2. The number of halogens is 1. The molecule has 0 spiro atoms. The summed E-state index contributed by atoms with van der Waals surface area (Å²) in [5.74, 6) is 0.443. The van der Waals surface area contributed by atoms with Crippen molar-refractivity contribution in [3.05, 3.63) is 51.9 Å². The van der Waals surface area contributed by atoms with Crippen LogP contribution in [0.4, 0.5) is 5.69 Å². The van der Waals surface area contributed by atoms with Crippen molar-refractivity contribution in [1.82, 2.24) is 4.98 Å². The van der Waals surface area contributed by atoms with E-state index in [1.54, 1.807) is 6.07 Å². The van der Waals surface area contributed by atoms with Gasteiger partial charge in [-0.1, -0.05) is 11.6 Å². The van der Waals surface area contributed by atoms with Crippen LogP contribution >= 0.6 is 11.6 Å². The van der Waals surface area contributed by atoms with Crippen molar-refractivity contribution < 1.29 is 13.2 Å². The van der Waals surface area contributed by atoms with Gasteiger partial charge in [-0.15, -0.1) is 0 Å². The Hall–Kier alpha value is -1.99. The number of hydrogen-bond donors (Lipinski definition) is 2. The van der Waals surface area contributed by atoms with Crippen LogP contribution in [0.5, 0.6) is 5.75 Å². The maximum atomic E-state index is 12.1. The van der Waals surface area contributed by atoms with Gasteiger partial charge in [0.1, 0.15) is 10.6 Å². The molecule has 0 atom stereocenters. The number of aromatic nitrogens is 1. The Labute approximate surface area is 120 Å². The van der Waals surface area contributed by atoms with Gasteiger partial charge in [0.15, 0.2) is 0 Å². The van der Waals surface area contributed by atoms with Gasteiger partial charge >= 0.3 is 0 Å². The Morgan fingerprint density at radius 3 is 2.55 bits per heavy atom. The molecule has 2 N–H and O–H groups in total. The summed E-state index contributed by atoms with van der Waals surface area (Å²) < 4.78 is 31.5. The highest BCUT2D eigenvalue weighted by atomic mass is 35.5. The first-order valence-electron chi connectivity index (χ1n) is 5.47. The van der Waals surface area contributed by atoms with Gasteiger partial charge in [0.05, 0.1) is 17.8 Å². The van der Waals surface area contributed by atoms with Gasteiger partial charge in [0.25, 0.3) is 10.0 Å². The number of H-pyrrole nitrogens is 1. The Balaban J connectivity index is 2.30. The molecule has 0 fully saturated rings. The molecule has 1 aromatic heterocycles. The molecule has 2 rings (SSSR count). The summed E-state index contributed by atoms with van der Waals surface area (Å²) >= 11 is 5.92. The molecule has 1 aromatic carbocycles. The molecule has 0 unspecified atom stereocenters. The molecule has 1 heterocycles. The topological polar surface area (TPSA) is 88.3 Å². The second-order valence-electron chi connectivity index (χ2n) is 3.84. The van der Waals surface area contributed by atoms with Crippen molar-refractivity contribution in [3.8, 4) is 5.75 Å². The minimum Gasteiger partial charge on any atom is -0.495 e. The summed E-state index contributed by atoms with van der Waals surface area (Å²) in [7, 11) is -2.32. The van der Waals surface area contributed by atoms with E-state index in [9.17, 15) is 13.2 Å². The molecule has 6 nitrogen and oxygen atoms in total. The third-order valence-electron chi connectivity index (χ3n) is 2.47.